The molecule has 0 unspecified atom stereocenters. The van der Waals surface area contributed by atoms with Gasteiger partial charge in [0.05, 0.1) is 10.7 Å². The van der Waals surface area contributed by atoms with Gasteiger partial charge >= 0.3 is 11.8 Å². The van der Waals surface area contributed by atoms with Crippen LogP contribution in [0.5, 0.6) is 0 Å². The zero-order valence-corrected chi connectivity index (χ0v) is 11.8. The number of hydrogen-bond donors (Lipinski definition) is 2. The molecule has 19 heavy (non-hydrogen) atoms. The van der Waals surface area contributed by atoms with Gasteiger partial charge in [-0.3, -0.25) is 9.59 Å². The Balaban J connectivity index is 1.72. The van der Waals surface area contributed by atoms with Crippen LogP contribution in [0.4, 0.5) is 0 Å². The fraction of sp³-hybridized carbons (Fsp3) is 0.583. The Morgan fingerprint density at radius 1 is 1.47 bits per heavy atom. The lowest BCUT2D eigenvalue weighted by Gasteiger charge is -2.26. The molecule has 1 aromatic heterocycles. The van der Waals surface area contributed by atoms with Gasteiger partial charge in [0.15, 0.2) is 0 Å². The quantitative estimate of drug-likeness (QED) is 0.736. The van der Waals surface area contributed by atoms with E-state index in [0.717, 1.165) is 23.8 Å². The Morgan fingerprint density at radius 3 is 2.84 bits per heavy atom. The topological polar surface area (TPSA) is 74.3 Å². The first kappa shape index (κ1) is 14.0. The van der Waals surface area contributed by atoms with Crippen LogP contribution in [0.15, 0.2) is 5.38 Å². The van der Waals surface area contributed by atoms with Gasteiger partial charge in [0.2, 0.25) is 0 Å². The van der Waals surface area contributed by atoms with Gasteiger partial charge in [-0.25, -0.2) is 4.98 Å². The monoisotopic (exact) mass is 282 g/mol. The van der Waals surface area contributed by atoms with Crippen LogP contribution in [-0.2, 0) is 16.0 Å². The van der Waals surface area contributed by atoms with E-state index < -0.39 is 11.8 Å². The van der Waals surface area contributed by atoms with Crippen LogP contribution < -0.4 is 10.6 Å². The molecule has 2 heterocycles. The third-order valence-electron chi connectivity index (χ3n) is 2.93. The summed E-state index contributed by atoms with van der Waals surface area (Å²) in [5.74, 6) is -0.954. The van der Waals surface area contributed by atoms with Gasteiger partial charge in [-0.15, -0.1) is 11.3 Å². The predicted molar refractivity (Wildman–Crippen MR) is 73.0 cm³/mol. The van der Waals surface area contributed by atoms with Crippen LogP contribution in [0.2, 0.25) is 0 Å². The van der Waals surface area contributed by atoms with Crippen molar-refractivity contribution in [2.24, 2.45) is 0 Å². The van der Waals surface area contributed by atoms with Gasteiger partial charge in [-0.05, 0) is 6.92 Å². The number of aromatic nitrogens is 1. The molecule has 1 aliphatic heterocycles. The van der Waals surface area contributed by atoms with Crippen LogP contribution in [0.3, 0.4) is 0 Å². The third-order valence-corrected chi connectivity index (χ3v) is 3.75. The van der Waals surface area contributed by atoms with Gasteiger partial charge in [-0.1, -0.05) is 0 Å². The lowest BCUT2D eigenvalue weighted by Crippen LogP contribution is -2.51. The van der Waals surface area contributed by atoms with Gasteiger partial charge in [0, 0.05) is 44.5 Å². The summed E-state index contributed by atoms with van der Waals surface area (Å²) in [6.45, 7) is 5.07. The van der Waals surface area contributed by atoms with Crippen LogP contribution in [0, 0.1) is 6.92 Å². The van der Waals surface area contributed by atoms with Crippen molar-refractivity contribution in [3.05, 3.63) is 16.1 Å². The Kier molecular flexibility index (Phi) is 4.86. The Bertz CT molecular complexity index is 454. The average molecular weight is 282 g/mol. The van der Waals surface area contributed by atoms with Gasteiger partial charge in [0.1, 0.15) is 0 Å². The minimum atomic E-state index is -0.520. The first-order valence-electron chi connectivity index (χ1n) is 6.35. The molecule has 0 spiro atoms. The van der Waals surface area contributed by atoms with E-state index in [1.165, 1.54) is 0 Å². The normalized spacial score (nSPS) is 15.3. The smallest absolute Gasteiger partial charge is 0.311 e. The highest BCUT2D eigenvalue weighted by Crippen LogP contribution is 2.07. The highest BCUT2D eigenvalue weighted by Gasteiger charge is 2.22. The Hall–Kier alpha value is -1.47. The number of carbonyl (C=O) groups excluding carboxylic acids is 2. The number of carbonyl (C=O) groups is 2. The van der Waals surface area contributed by atoms with Crippen LogP contribution in [-0.4, -0.2) is 54.4 Å². The summed E-state index contributed by atoms with van der Waals surface area (Å²) >= 11 is 1.59. The predicted octanol–water partition coefficient (Wildman–Crippen LogP) is -0.458. The lowest BCUT2D eigenvalue weighted by molar-refractivity contribution is -0.146. The van der Waals surface area contributed by atoms with Crippen LogP contribution in [0.25, 0.3) is 0 Å². The van der Waals surface area contributed by atoms with Gasteiger partial charge in [-0.2, -0.15) is 0 Å². The molecule has 0 aromatic carbocycles. The minimum absolute atomic E-state index is 0.434. The highest BCUT2D eigenvalue weighted by atomic mass is 32.1. The summed E-state index contributed by atoms with van der Waals surface area (Å²) in [5.41, 5.74) is 0.956. The number of amides is 2. The molecule has 1 aliphatic rings. The highest BCUT2D eigenvalue weighted by molar-refractivity contribution is 7.09. The summed E-state index contributed by atoms with van der Waals surface area (Å²) in [5, 5.41) is 8.78. The molecule has 1 aromatic rings. The van der Waals surface area contributed by atoms with Crippen molar-refractivity contribution in [3.63, 3.8) is 0 Å². The molecule has 0 radical (unpaired) electrons. The average Bonchev–Trinajstić information content (AvgIpc) is 2.84. The van der Waals surface area contributed by atoms with Crippen molar-refractivity contribution in [3.8, 4) is 0 Å². The van der Waals surface area contributed by atoms with Crippen molar-refractivity contribution in [1.29, 1.82) is 0 Å². The molecule has 1 fully saturated rings. The minimum Gasteiger partial charge on any atom is -0.347 e. The molecule has 104 valence electrons. The van der Waals surface area contributed by atoms with Gasteiger partial charge in [0.25, 0.3) is 0 Å². The van der Waals surface area contributed by atoms with Crippen molar-refractivity contribution < 1.29 is 9.59 Å². The van der Waals surface area contributed by atoms with Crippen LogP contribution in [0.1, 0.15) is 10.7 Å². The maximum Gasteiger partial charge on any atom is 0.311 e. The summed E-state index contributed by atoms with van der Waals surface area (Å²) in [6.07, 6.45) is 0.658. The number of nitrogens with zero attached hydrogens (tertiary/aromatic N) is 2. The molecule has 2 rings (SSSR count). The molecule has 0 bridgehead atoms. The molecule has 0 atom stereocenters. The second-order valence-corrected chi connectivity index (χ2v) is 5.47. The number of piperazine rings is 1. The van der Waals surface area contributed by atoms with E-state index in [2.05, 4.69) is 15.6 Å². The van der Waals surface area contributed by atoms with E-state index in [1.54, 1.807) is 16.2 Å². The first-order chi connectivity index (χ1) is 9.16. The van der Waals surface area contributed by atoms with E-state index >= 15 is 0 Å². The Morgan fingerprint density at radius 2 is 2.21 bits per heavy atom. The number of nitrogens with one attached hydrogen (secondary N) is 2. The van der Waals surface area contributed by atoms with E-state index in [-0.39, 0.29) is 0 Å². The van der Waals surface area contributed by atoms with Crippen LogP contribution >= 0.6 is 11.3 Å². The molecule has 0 saturated carbocycles. The first-order valence-corrected chi connectivity index (χ1v) is 7.23. The zero-order valence-electron chi connectivity index (χ0n) is 10.9. The van der Waals surface area contributed by atoms with E-state index in [9.17, 15) is 9.59 Å². The van der Waals surface area contributed by atoms with Crippen molar-refractivity contribution in [2.75, 3.05) is 32.7 Å². The Labute approximate surface area is 116 Å². The molecule has 7 heteroatoms. The fourth-order valence-electron chi connectivity index (χ4n) is 1.91. The molecule has 0 aliphatic carbocycles. The lowest BCUT2D eigenvalue weighted by atomic mass is 10.3. The number of aryl methyl sites for hydroxylation is 1. The summed E-state index contributed by atoms with van der Waals surface area (Å²) in [7, 11) is 0. The molecule has 6 nitrogen and oxygen atoms in total. The number of rotatable bonds is 3. The summed E-state index contributed by atoms with van der Waals surface area (Å²) in [6, 6.07) is 0. The van der Waals surface area contributed by atoms with Crippen molar-refractivity contribution in [2.45, 2.75) is 13.3 Å². The molecular weight excluding hydrogens is 264 g/mol. The second kappa shape index (κ2) is 6.63. The third kappa shape index (κ3) is 4.00. The molecule has 2 N–H and O–H groups in total. The maximum absolute atomic E-state index is 11.8. The van der Waals surface area contributed by atoms with Crippen molar-refractivity contribution in [1.82, 2.24) is 20.5 Å². The van der Waals surface area contributed by atoms with Gasteiger partial charge < -0.3 is 15.5 Å². The molecule has 2 amide bonds. The fourth-order valence-corrected chi connectivity index (χ4v) is 2.56. The number of thiazole rings is 1. The SMILES string of the molecule is Cc1nc(CCNC(=O)C(=O)N2CCNCC2)cs1. The summed E-state index contributed by atoms with van der Waals surface area (Å²) < 4.78 is 0. The standard InChI is InChI=1S/C12H18N4O2S/c1-9-15-10(8-19-9)2-3-14-11(17)12(18)16-6-4-13-5-7-16/h8,13H,2-7H2,1H3,(H,14,17). The second-order valence-electron chi connectivity index (χ2n) is 4.41. The summed E-state index contributed by atoms with van der Waals surface area (Å²) in [4.78, 5) is 29.4. The largest absolute Gasteiger partial charge is 0.347 e. The molecule has 1 saturated heterocycles. The van der Waals surface area contributed by atoms with E-state index in [1.807, 2.05) is 12.3 Å². The maximum atomic E-state index is 11.8. The molecular formula is C12H18N4O2S. The van der Waals surface area contributed by atoms with E-state index in [4.69, 9.17) is 0 Å². The zero-order chi connectivity index (χ0) is 13.7. The van der Waals surface area contributed by atoms with E-state index in [0.29, 0.717) is 26.1 Å². The number of hydrogen-bond acceptors (Lipinski definition) is 5. The van der Waals surface area contributed by atoms with Crippen molar-refractivity contribution >= 4 is 23.2 Å².